The summed E-state index contributed by atoms with van der Waals surface area (Å²) in [6, 6.07) is 4.41. The zero-order chi connectivity index (χ0) is 15.9. The number of hydrogen-bond acceptors (Lipinski definition) is 0. The van der Waals surface area contributed by atoms with Gasteiger partial charge in [0.25, 0.3) is 0 Å². The molecule has 22 heavy (non-hydrogen) atoms. The van der Waals surface area contributed by atoms with Crippen LogP contribution in [-0.2, 0) is 19.2 Å². The van der Waals surface area contributed by atoms with E-state index in [-0.39, 0.29) is 31.0 Å². The van der Waals surface area contributed by atoms with Crippen LogP contribution in [0.3, 0.4) is 0 Å². The second-order valence-electron chi connectivity index (χ2n) is 5.81. The second-order valence-corrected chi connectivity index (χ2v) is 12.5. The molecule has 1 aromatic carbocycles. The van der Waals surface area contributed by atoms with Gasteiger partial charge >= 0.3 is 38.5 Å². The molecule has 0 aliphatic heterocycles. The van der Waals surface area contributed by atoms with E-state index in [1.165, 1.54) is 27.8 Å². The van der Waals surface area contributed by atoms with Crippen LogP contribution in [0.5, 0.6) is 0 Å². The Kier molecular flexibility index (Phi) is 17.0. The van der Waals surface area contributed by atoms with Gasteiger partial charge in [0.15, 0.2) is 0 Å². The van der Waals surface area contributed by atoms with E-state index in [0.29, 0.717) is 5.92 Å². The molecule has 1 unspecified atom stereocenters. The van der Waals surface area contributed by atoms with Crippen LogP contribution in [0.2, 0.25) is 13.1 Å². The van der Waals surface area contributed by atoms with Crippen molar-refractivity contribution in [2.45, 2.75) is 54.6 Å². The first-order valence-corrected chi connectivity index (χ1v) is 12.0. The van der Waals surface area contributed by atoms with Gasteiger partial charge in [-0.1, -0.05) is 40.5 Å². The molecule has 2 rings (SSSR count). The van der Waals surface area contributed by atoms with Gasteiger partial charge in [-0.2, -0.15) is 28.8 Å². The van der Waals surface area contributed by atoms with Gasteiger partial charge in [-0.25, -0.2) is 17.2 Å². The van der Waals surface area contributed by atoms with Crippen molar-refractivity contribution >= 4 is 6.19 Å². The van der Waals surface area contributed by atoms with Crippen LogP contribution >= 0.6 is 0 Å². The molecule has 1 aromatic rings. The van der Waals surface area contributed by atoms with E-state index in [2.05, 4.69) is 98.1 Å². The van der Waals surface area contributed by atoms with Crippen molar-refractivity contribution < 1.29 is 44.0 Å². The largest absolute Gasteiger partial charge is 1.00 e. The molecule has 0 fully saturated rings. The van der Waals surface area contributed by atoms with Crippen LogP contribution in [0, 0.1) is 32.8 Å². The molecule has 1 atom stereocenters. The molecular weight excluding hydrogens is 363 g/mol. The fourth-order valence-electron chi connectivity index (χ4n) is 1.95. The van der Waals surface area contributed by atoms with E-state index < -0.39 is 0 Å². The van der Waals surface area contributed by atoms with Gasteiger partial charge in [0.2, 0.25) is 0 Å². The van der Waals surface area contributed by atoms with Crippen molar-refractivity contribution in [1.82, 2.24) is 0 Å². The minimum atomic E-state index is 0. The SMILES string of the molecule is CC1=[C-]C(C)C=C1C.C[Si](C)=[Ti+2].Cc1cc(C)c(C)[cH-]1.[Cl-].[Cl-]. The Labute approximate surface area is 162 Å². The van der Waals surface area contributed by atoms with E-state index in [9.17, 15) is 0 Å². The van der Waals surface area contributed by atoms with Gasteiger partial charge in [-0.15, -0.1) is 6.92 Å². The number of halogens is 2. The molecule has 0 heterocycles. The zero-order valence-corrected chi connectivity index (χ0v) is 19.1. The molecular formula is C18H28Cl2SiTi-2. The maximum atomic E-state index is 3.29. The maximum absolute atomic E-state index is 3.29. The smallest absolute Gasteiger partial charge is 0.0632 e. The summed E-state index contributed by atoms with van der Waals surface area (Å²) in [5.74, 6) is 0.551. The molecule has 1 aliphatic carbocycles. The van der Waals surface area contributed by atoms with Crippen LogP contribution < -0.4 is 24.8 Å². The Hall–Kier alpha value is 0.341. The average molecular weight is 391 g/mol. The Morgan fingerprint density at radius 3 is 1.64 bits per heavy atom. The topological polar surface area (TPSA) is 0 Å². The molecule has 0 nitrogen and oxygen atoms in total. The van der Waals surface area contributed by atoms with E-state index >= 15 is 0 Å². The van der Waals surface area contributed by atoms with Crippen molar-refractivity contribution in [1.29, 1.82) is 0 Å². The normalized spacial score (nSPS) is 14.9. The first kappa shape index (κ1) is 27.2. The summed E-state index contributed by atoms with van der Waals surface area (Å²) in [7, 11) is 0. The molecule has 0 saturated heterocycles. The summed E-state index contributed by atoms with van der Waals surface area (Å²) in [6.07, 6.45) is 5.64. The van der Waals surface area contributed by atoms with Crippen LogP contribution in [0.25, 0.3) is 0 Å². The zero-order valence-electron chi connectivity index (χ0n) is 15.1. The molecule has 4 heteroatoms. The van der Waals surface area contributed by atoms with E-state index in [0.717, 1.165) is 0 Å². The maximum Gasteiger partial charge on any atom is -0.0632 e. The van der Waals surface area contributed by atoms with Crippen LogP contribution in [0.15, 0.2) is 29.4 Å². The van der Waals surface area contributed by atoms with E-state index in [1.54, 1.807) is 0 Å². The van der Waals surface area contributed by atoms with Crippen molar-refractivity contribution in [2.24, 2.45) is 5.92 Å². The van der Waals surface area contributed by atoms with Gasteiger partial charge in [-0.05, 0) is 0 Å². The summed E-state index contributed by atoms with van der Waals surface area (Å²) in [6.45, 7) is 17.3. The second kappa shape index (κ2) is 13.8. The first-order valence-electron chi connectivity index (χ1n) is 7.14. The van der Waals surface area contributed by atoms with Crippen molar-refractivity contribution in [3.63, 3.8) is 0 Å². The van der Waals surface area contributed by atoms with E-state index in [1.807, 2.05) is 0 Å². The van der Waals surface area contributed by atoms with Gasteiger partial charge in [0.1, 0.15) is 0 Å². The van der Waals surface area contributed by atoms with Gasteiger partial charge < -0.3 is 24.8 Å². The summed E-state index contributed by atoms with van der Waals surface area (Å²) >= 11 is 2.27. The van der Waals surface area contributed by atoms with E-state index in [4.69, 9.17) is 0 Å². The van der Waals surface area contributed by atoms with Gasteiger partial charge in [-0.3, -0.25) is 6.08 Å². The predicted octanol–water partition coefficient (Wildman–Crippen LogP) is -0.545. The number of allylic oxidation sites excluding steroid dienone is 4. The summed E-state index contributed by atoms with van der Waals surface area (Å²) in [5.41, 5.74) is 6.89. The van der Waals surface area contributed by atoms with Crippen molar-refractivity contribution in [3.05, 3.63) is 52.1 Å². The third-order valence-electron chi connectivity index (χ3n) is 3.05. The summed E-state index contributed by atoms with van der Waals surface area (Å²) in [4.78, 5) is 0. The Bertz CT molecular complexity index is 472. The van der Waals surface area contributed by atoms with Gasteiger partial charge in [0, 0.05) is 0 Å². The Morgan fingerprint density at radius 2 is 1.55 bits per heavy atom. The Balaban J connectivity index is -0.000000249. The fraction of sp³-hybridized carbons (Fsp3) is 0.500. The molecule has 0 N–H and O–H groups in total. The number of rotatable bonds is 0. The standard InChI is InChI=1S/2C8H11.C2H6Si.2ClH.Ti/c2*1-6-4-7(2)8(3)5-6;1-3-2;;;/h4,6H,1-3H3;4-5H,1-3H3;1-2H3;2*1H;/q2*-1;;;;+2/p-2. The number of aryl methyl sites for hydroxylation is 3. The van der Waals surface area contributed by atoms with Crippen LogP contribution in [0.1, 0.15) is 37.5 Å². The first-order chi connectivity index (χ1) is 9.13. The monoisotopic (exact) mass is 390 g/mol. The summed E-state index contributed by atoms with van der Waals surface area (Å²) in [5, 5.41) is 0. The Morgan fingerprint density at radius 1 is 1.09 bits per heavy atom. The minimum Gasteiger partial charge on any atom is -1.00 e. The molecule has 0 saturated carbocycles. The third-order valence-corrected chi connectivity index (χ3v) is 3.05. The van der Waals surface area contributed by atoms with Crippen molar-refractivity contribution in [2.75, 3.05) is 0 Å². The minimum absolute atomic E-state index is 0. The summed E-state index contributed by atoms with van der Waals surface area (Å²) < 4.78 is 0. The molecule has 0 aromatic heterocycles. The van der Waals surface area contributed by atoms with Crippen molar-refractivity contribution in [3.8, 4) is 0 Å². The number of hydrogen-bond donors (Lipinski definition) is 0. The quantitative estimate of drug-likeness (QED) is 0.412. The predicted molar refractivity (Wildman–Crippen MR) is 89.1 cm³/mol. The molecule has 124 valence electrons. The fourth-order valence-corrected chi connectivity index (χ4v) is 1.95. The average Bonchev–Trinajstić information content (AvgIpc) is 2.70. The molecule has 0 radical (unpaired) electrons. The molecule has 0 bridgehead atoms. The molecule has 0 amide bonds. The molecule has 1 aliphatic rings. The van der Waals surface area contributed by atoms with Crippen LogP contribution in [-0.4, -0.2) is 6.19 Å². The third kappa shape index (κ3) is 12.8. The molecule has 0 spiro atoms. The van der Waals surface area contributed by atoms with Gasteiger partial charge in [0.05, 0.1) is 0 Å². The van der Waals surface area contributed by atoms with Crippen LogP contribution in [0.4, 0.5) is 0 Å².